The van der Waals surface area contributed by atoms with Gasteiger partial charge in [0.15, 0.2) is 11.5 Å². The van der Waals surface area contributed by atoms with Gasteiger partial charge >= 0.3 is 6.61 Å². The molecular weight excluding hydrogens is 390 g/mol. The highest BCUT2D eigenvalue weighted by molar-refractivity contribution is 5.93. The molecule has 30 heavy (non-hydrogen) atoms. The summed E-state index contributed by atoms with van der Waals surface area (Å²) in [6.07, 6.45) is 2.09. The van der Waals surface area contributed by atoms with Crippen LogP contribution in [-0.2, 0) is 11.3 Å². The number of anilines is 1. The van der Waals surface area contributed by atoms with Gasteiger partial charge in [0, 0.05) is 18.3 Å². The Kier molecular flexibility index (Phi) is 7.26. The number of nitrogens with zero attached hydrogens (tertiary/aromatic N) is 1. The minimum absolute atomic E-state index is 0.0150. The number of alkyl halides is 2. The molecule has 2 aromatic rings. The summed E-state index contributed by atoms with van der Waals surface area (Å²) in [5.41, 5.74) is 3.88. The van der Waals surface area contributed by atoms with Crippen LogP contribution >= 0.6 is 0 Å². The van der Waals surface area contributed by atoms with E-state index < -0.39 is 6.61 Å². The van der Waals surface area contributed by atoms with Gasteiger partial charge in [0.2, 0.25) is 5.91 Å². The molecule has 0 heterocycles. The van der Waals surface area contributed by atoms with Crippen LogP contribution in [0, 0.1) is 13.8 Å². The van der Waals surface area contributed by atoms with Crippen molar-refractivity contribution in [3.05, 3.63) is 53.1 Å². The van der Waals surface area contributed by atoms with Crippen molar-refractivity contribution in [3.8, 4) is 11.5 Å². The lowest BCUT2D eigenvalue weighted by Gasteiger charge is -2.22. The number of carbonyl (C=O) groups excluding carboxylic acids is 1. The number of nitrogens with one attached hydrogen (secondary N) is 1. The van der Waals surface area contributed by atoms with Gasteiger partial charge in [-0.05, 0) is 68.5 Å². The van der Waals surface area contributed by atoms with Gasteiger partial charge in [0.25, 0.3) is 0 Å². The fourth-order valence-corrected chi connectivity index (χ4v) is 3.36. The maximum absolute atomic E-state index is 12.7. The number of ether oxygens (including phenoxy) is 2. The molecule has 1 saturated carbocycles. The third-order valence-corrected chi connectivity index (χ3v) is 5.20. The Balaban J connectivity index is 1.69. The molecule has 0 saturated heterocycles. The zero-order chi connectivity index (χ0) is 21.7. The Morgan fingerprint density at radius 2 is 1.97 bits per heavy atom. The summed E-state index contributed by atoms with van der Waals surface area (Å²) in [6, 6.07) is 11.1. The van der Waals surface area contributed by atoms with E-state index in [0.717, 1.165) is 35.2 Å². The van der Waals surface area contributed by atoms with Crippen LogP contribution in [-0.4, -0.2) is 36.6 Å². The van der Waals surface area contributed by atoms with Crippen molar-refractivity contribution in [3.63, 3.8) is 0 Å². The largest absolute Gasteiger partial charge is 0.490 e. The second-order valence-electron chi connectivity index (χ2n) is 7.52. The van der Waals surface area contributed by atoms with Gasteiger partial charge in [-0.25, -0.2) is 0 Å². The number of carbonyl (C=O) groups is 1. The number of hydrogen-bond acceptors (Lipinski definition) is 4. The molecule has 0 radical (unpaired) electrons. The van der Waals surface area contributed by atoms with Crippen LogP contribution in [0.2, 0.25) is 0 Å². The maximum Gasteiger partial charge on any atom is 0.387 e. The van der Waals surface area contributed by atoms with Crippen LogP contribution in [0.25, 0.3) is 0 Å². The molecular formula is C23H28F2N2O3. The van der Waals surface area contributed by atoms with Crippen molar-refractivity contribution >= 4 is 11.6 Å². The molecule has 7 heteroatoms. The lowest BCUT2D eigenvalue weighted by Crippen LogP contribution is -2.34. The average molecular weight is 418 g/mol. The van der Waals surface area contributed by atoms with Crippen LogP contribution < -0.4 is 14.8 Å². The average Bonchev–Trinajstić information content (AvgIpc) is 3.52. The predicted molar refractivity (Wildman–Crippen MR) is 112 cm³/mol. The van der Waals surface area contributed by atoms with Crippen molar-refractivity contribution in [2.75, 3.05) is 18.5 Å². The Bertz CT molecular complexity index is 885. The lowest BCUT2D eigenvalue weighted by atomic mass is 10.1. The summed E-state index contributed by atoms with van der Waals surface area (Å²) in [7, 11) is 0. The summed E-state index contributed by atoms with van der Waals surface area (Å²) < 4.78 is 35.2. The first-order valence-corrected chi connectivity index (χ1v) is 10.2. The van der Waals surface area contributed by atoms with Crippen molar-refractivity contribution in [2.45, 2.75) is 52.8 Å². The van der Waals surface area contributed by atoms with Gasteiger partial charge < -0.3 is 14.8 Å². The molecule has 0 bridgehead atoms. The van der Waals surface area contributed by atoms with E-state index >= 15 is 0 Å². The van der Waals surface area contributed by atoms with E-state index in [2.05, 4.69) is 15.0 Å². The first-order chi connectivity index (χ1) is 14.4. The first-order valence-electron chi connectivity index (χ1n) is 10.2. The SMILES string of the molecule is CCOc1cc(CN(CC(=O)Nc2cccc(C)c2C)C2CC2)ccc1OC(F)F. The summed E-state index contributed by atoms with van der Waals surface area (Å²) in [6.45, 7) is 4.00. The van der Waals surface area contributed by atoms with Crippen molar-refractivity contribution in [2.24, 2.45) is 0 Å². The second kappa shape index (κ2) is 9.89. The summed E-state index contributed by atoms with van der Waals surface area (Å²) in [5, 5.41) is 3.00. The molecule has 0 unspecified atom stereocenters. The molecule has 1 fully saturated rings. The highest BCUT2D eigenvalue weighted by Gasteiger charge is 2.30. The molecule has 0 atom stereocenters. The fourth-order valence-electron chi connectivity index (χ4n) is 3.36. The van der Waals surface area contributed by atoms with E-state index in [1.807, 2.05) is 32.0 Å². The topological polar surface area (TPSA) is 50.8 Å². The maximum atomic E-state index is 12.7. The smallest absolute Gasteiger partial charge is 0.387 e. The van der Waals surface area contributed by atoms with Gasteiger partial charge in [-0.1, -0.05) is 18.2 Å². The summed E-state index contributed by atoms with van der Waals surface area (Å²) in [5.74, 6) is 0.227. The number of amides is 1. The molecule has 0 aliphatic heterocycles. The van der Waals surface area contributed by atoms with E-state index in [4.69, 9.17) is 4.74 Å². The van der Waals surface area contributed by atoms with Gasteiger partial charge in [-0.2, -0.15) is 8.78 Å². The van der Waals surface area contributed by atoms with Crippen LogP contribution in [0.4, 0.5) is 14.5 Å². The monoisotopic (exact) mass is 418 g/mol. The molecule has 1 amide bonds. The standard InChI is InChI=1S/C23H28F2N2O3/c1-4-29-21-12-17(8-11-20(21)30-23(24)25)13-27(18-9-10-18)14-22(28)26-19-7-5-6-15(2)16(19)3/h5-8,11-12,18,23H,4,9-10,13-14H2,1-3H3,(H,26,28). The molecule has 1 N–H and O–H groups in total. The van der Waals surface area contributed by atoms with E-state index in [-0.39, 0.29) is 24.0 Å². The zero-order valence-electron chi connectivity index (χ0n) is 17.6. The second-order valence-corrected chi connectivity index (χ2v) is 7.52. The highest BCUT2D eigenvalue weighted by atomic mass is 19.3. The van der Waals surface area contributed by atoms with Gasteiger partial charge in [-0.3, -0.25) is 9.69 Å². The number of hydrogen-bond donors (Lipinski definition) is 1. The molecule has 3 rings (SSSR count). The molecule has 0 aromatic heterocycles. The molecule has 162 valence electrons. The van der Waals surface area contributed by atoms with Gasteiger partial charge in [0.1, 0.15) is 0 Å². The number of benzene rings is 2. The van der Waals surface area contributed by atoms with Crippen molar-refractivity contribution < 1.29 is 23.0 Å². The van der Waals surface area contributed by atoms with E-state index in [1.165, 1.54) is 6.07 Å². The van der Waals surface area contributed by atoms with Gasteiger partial charge in [-0.15, -0.1) is 0 Å². The first kappa shape index (κ1) is 22.0. The Labute approximate surface area is 176 Å². The highest BCUT2D eigenvalue weighted by Crippen LogP contribution is 2.33. The minimum Gasteiger partial charge on any atom is -0.490 e. The molecule has 2 aromatic carbocycles. The van der Waals surface area contributed by atoms with E-state index in [1.54, 1.807) is 19.1 Å². The molecule has 1 aliphatic rings. The number of aryl methyl sites for hydroxylation is 1. The van der Waals surface area contributed by atoms with Crippen LogP contribution in [0.1, 0.15) is 36.5 Å². The van der Waals surface area contributed by atoms with Gasteiger partial charge in [0.05, 0.1) is 13.2 Å². The van der Waals surface area contributed by atoms with Crippen LogP contribution in [0.3, 0.4) is 0 Å². The molecule has 1 aliphatic carbocycles. The van der Waals surface area contributed by atoms with E-state index in [9.17, 15) is 13.6 Å². The third kappa shape index (κ3) is 5.92. The third-order valence-electron chi connectivity index (χ3n) is 5.20. The van der Waals surface area contributed by atoms with Crippen molar-refractivity contribution in [1.82, 2.24) is 4.90 Å². The Morgan fingerprint density at radius 1 is 1.20 bits per heavy atom. The van der Waals surface area contributed by atoms with Crippen molar-refractivity contribution in [1.29, 1.82) is 0 Å². The number of rotatable bonds is 10. The lowest BCUT2D eigenvalue weighted by molar-refractivity contribution is -0.117. The van der Waals surface area contributed by atoms with E-state index in [0.29, 0.717) is 19.2 Å². The van der Waals surface area contributed by atoms with Crippen LogP contribution in [0.15, 0.2) is 36.4 Å². The minimum atomic E-state index is -2.91. The Hall–Kier alpha value is -2.67. The molecule has 5 nitrogen and oxygen atoms in total. The quantitative estimate of drug-likeness (QED) is 0.596. The zero-order valence-corrected chi connectivity index (χ0v) is 17.6. The number of halogens is 2. The molecule has 0 spiro atoms. The van der Waals surface area contributed by atoms with Crippen LogP contribution in [0.5, 0.6) is 11.5 Å². The summed E-state index contributed by atoms with van der Waals surface area (Å²) >= 11 is 0. The predicted octanol–water partition coefficient (Wildman–Crippen LogP) is 4.91. The normalized spacial score (nSPS) is 13.6. The summed E-state index contributed by atoms with van der Waals surface area (Å²) in [4.78, 5) is 14.8. The Morgan fingerprint density at radius 3 is 2.63 bits per heavy atom. The fraction of sp³-hybridized carbons (Fsp3) is 0.435.